The van der Waals surface area contributed by atoms with Gasteiger partial charge in [-0.2, -0.15) is 0 Å². The third-order valence-corrected chi connectivity index (χ3v) is 5.83. The van der Waals surface area contributed by atoms with Gasteiger partial charge in [0.1, 0.15) is 0 Å². The molecule has 1 amide bonds. The highest BCUT2D eigenvalue weighted by Gasteiger charge is 2.20. The molecule has 1 aromatic heterocycles. The number of aromatic nitrogens is 2. The largest absolute Gasteiger partial charge is 0.377 e. The first kappa shape index (κ1) is 19.5. The summed E-state index contributed by atoms with van der Waals surface area (Å²) in [7, 11) is -3.61. The van der Waals surface area contributed by atoms with Crippen molar-refractivity contribution < 1.29 is 17.9 Å². The van der Waals surface area contributed by atoms with Crippen LogP contribution in [0.5, 0.6) is 0 Å². The Morgan fingerprint density at radius 3 is 2.78 bits per heavy atom. The monoisotopic (exact) mass is 392 g/mol. The van der Waals surface area contributed by atoms with Crippen molar-refractivity contribution in [3.63, 3.8) is 0 Å². The maximum absolute atomic E-state index is 12.3. The van der Waals surface area contributed by atoms with Gasteiger partial charge in [-0.05, 0) is 43.5 Å². The summed E-state index contributed by atoms with van der Waals surface area (Å²) in [5.41, 5.74) is 0.427. The van der Waals surface area contributed by atoms with Crippen LogP contribution in [0.4, 0.5) is 0 Å². The van der Waals surface area contributed by atoms with Crippen LogP contribution < -0.4 is 10.0 Å². The Morgan fingerprint density at radius 1 is 1.30 bits per heavy atom. The van der Waals surface area contributed by atoms with Crippen LogP contribution in [0.2, 0.25) is 0 Å². The normalized spacial score (nSPS) is 17.1. The third kappa shape index (κ3) is 5.62. The van der Waals surface area contributed by atoms with Crippen molar-refractivity contribution in [3.8, 4) is 0 Å². The maximum atomic E-state index is 12.3. The van der Waals surface area contributed by atoms with Gasteiger partial charge in [0.25, 0.3) is 5.91 Å². The fourth-order valence-corrected chi connectivity index (χ4v) is 3.93. The molecule has 0 spiro atoms. The van der Waals surface area contributed by atoms with Gasteiger partial charge in [-0.25, -0.2) is 18.1 Å². The zero-order valence-electron chi connectivity index (χ0n) is 15.0. The quantitative estimate of drug-likeness (QED) is 0.624. The summed E-state index contributed by atoms with van der Waals surface area (Å²) in [5, 5.41) is 2.83. The second-order valence-electron chi connectivity index (χ2n) is 6.42. The van der Waals surface area contributed by atoms with Gasteiger partial charge in [0.2, 0.25) is 10.0 Å². The van der Waals surface area contributed by atoms with E-state index in [1.807, 2.05) is 10.8 Å². The van der Waals surface area contributed by atoms with Crippen LogP contribution in [0.1, 0.15) is 29.6 Å². The second kappa shape index (κ2) is 9.12. The van der Waals surface area contributed by atoms with Crippen LogP contribution in [-0.2, 0) is 21.3 Å². The molecule has 27 heavy (non-hydrogen) atoms. The highest BCUT2D eigenvalue weighted by molar-refractivity contribution is 7.89. The van der Waals surface area contributed by atoms with Crippen LogP contribution in [-0.4, -0.2) is 49.7 Å². The number of sulfonamides is 1. The minimum absolute atomic E-state index is 0.0628. The Hall–Kier alpha value is -2.23. The fourth-order valence-electron chi connectivity index (χ4n) is 2.86. The van der Waals surface area contributed by atoms with Crippen molar-refractivity contribution in [2.45, 2.75) is 36.8 Å². The average molecular weight is 392 g/mol. The van der Waals surface area contributed by atoms with Gasteiger partial charge in [0.05, 0.1) is 17.3 Å². The molecule has 1 unspecified atom stereocenters. The molecule has 0 radical (unpaired) electrons. The summed E-state index contributed by atoms with van der Waals surface area (Å²) in [6, 6.07) is 5.92. The van der Waals surface area contributed by atoms with E-state index in [-0.39, 0.29) is 23.5 Å². The molecule has 1 aliphatic rings. The molecule has 3 rings (SSSR count). The maximum Gasteiger partial charge on any atom is 0.251 e. The number of carbonyl (C=O) groups excluding carboxylic acids is 1. The van der Waals surface area contributed by atoms with E-state index >= 15 is 0 Å². The molecule has 1 aromatic carbocycles. The fraction of sp³-hybridized carbons (Fsp3) is 0.444. The van der Waals surface area contributed by atoms with Gasteiger partial charge in [-0.15, -0.1) is 0 Å². The van der Waals surface area contributed by atoms with Crippen LogP contribution in [0, 0.1) is 0 Å². The molecule has 2 N–H and O–H groups in total. The number of hydrogen-bond acceptors (Lipinski definition) is 5. The highest BCUT2D eigenvalue weighted by atomic mass is 32.2. The summed E-state index contributed by atoms with van der Waals surface area (Å²) in [4.78, 5) is 16.3. The summed E-state index contributed by atoms with van der Waals surface area (Å²) in [6.07, 6.45) is 7.85. The molecule has 1 fully saturated rings. The van der Waals surface area contributed by atoms with E-state index in [0.717, 1.165) is 25.8 Å². The zero-order chi connectivity index (χ0) is 19.1. The van der Waals surface area contributed by atoms with Gasteiger partial charge < -0.3 is 14.6 Å². The van der Waals surface area contributed by atoms with Gasteiger partial charge in [-0.1, -0.05) is 0 Å². The average Bonchev–Trinajstić information content (AvgIpc) is 3.37. The van der Waals surface area contributed by atoms with Gasteiger partial charge in [0, 0.05) is 44.2 Å². The number of rotatable bonds is 9. The summed E-state index contributed by atoms with van der Waals surface area (Å²) in [6.45, 7) is 2.24. The Morgan fingerprint density at radius 2 is 2.11 bits per heavy atom. The third-order valence-electron chi connectivity index (χ3n) is 4.39. The Kier molecular flexibility index (Phi) is 6.59. The van der Waals surface area contributed by atoms with Crippen molar-refractivity contribution in [3.05, 3.63) is 48.5 Å². The number of aryl methyl sites for hydroxylation is 1. The van der Waals surface area contributed by atoms with Crippen molar-refractivity contribution in [1.29, 1.82) is 0 Å². The van der Waals surface area contributed by atoms with E-state index in [4.69, 9.17) is 4.74 Å². The highest BCUT2D eigenvalue weighted by Crippen LogP contribution is 2.14. The lowest BCUT2D eigenvalue weighted by atomic mass is 10.2. The number of ether oxygens (including phenoxy) is 1. The van der Waals surface area contributed by atoms with Gasteiger partial charge >= 0.3 is 0 Å². The SMILES string of the molecule is O=C(NCCCn1ccnc1)c1ccc(S(=O)(=O)NCC2CCCO2)cc1. The van der Waals surface area contributed by atoms with Crippen molar-refractivity contribution in [2.24, 2.45) is 0 Å². The lowest BCUT2D eigenvalue weighted by Crippen LogP contribution is -2.32. The molecular formula is C18H24N4O4S. The molecule has 0 bridgehead atoms. The summed E-state index contributed by atoms with van der Waals surface area (Å²) in [5.74, 6) is -0.225. The van der Waals surface area contributed by atoms with Crippen molar-refractivity contribution >= 4 is 15.9 Å². The standard InChI is InChI=1S/C18H24N4O4S/c23-18(20-8-2-10-22-11-9-19-14-22)15-4-6-17(7-5-15)27(24,25)21-13-16-3-1-12-26-16/h4-7,9,11,14,16,21H,1-3,8,10,12-13H2,(H,20,23). The summed E-state index contributed by atoms with van der Waals surface area (Å²) < 4.78 is 34.6. The lowest BCUT2D eigenvalue weighted by molar-refractivity contribution is 0.0952. The first-order valence-electron chi connectivity index (χ1n) is 9.00. The van der Waals surface area contributed by atoms with Crippen LogP contribution in [0.25, 0.3) is 0 Å². The van der Waals surface area contributed by atoms with Crippen molar-refractivity contribution in [2.75, 3.05) is 19.7 Å². The first-order chi connectivity index (χ1) is 13.0. The van der Waals surface area contributed by atoms with E-state index in [9.17, 15) is 13.2 Å². The molecule has 1 saturated heterocycles. The number of amides is 1. The Balaban J connectivity index is 1.47. The Bertz CT molecular complexity index is 829. The first-order valence-corrected chi connectivity index (χ1v) is 10.5. The summed E-state index contributed by atoms with van der Waals surface area (Å²) >= 11 is 0. The van der Waals surface area contributed by atoms with E-state index in [2.05, 4.69) is 15.0 Å². The molecule has 8 nitrogen and oxygen atoms in total. The second-order valence-corrected chi connectivity index (χ2v) is 8.19. The molecule has 1 aliphatic heterocycles. The molecule has 0 saturated carbocycles. The van der Waals surface area contributed by atoms with E-state index < -0.39 is 10.0 Å². The van der Waals surface area contributed by atoms with Crippen LogP contribution in [0.15, 0.2) is 47.9 Å². The lowest BCUT2D eigenvalue weighted by Gasteiger charge is -2.12. The smallest absolute Gasteiger partial charge is 0.251 e. The zero-order valence-corrected chi connectivity index (χ0v) is 15.8. The number of imidazole rings is 1. The van der Waals surface area contributed by atoms with E-state index in [1.54, 1.807) is 12.5 Å². The van der Waals surface area contributed by atoms with Gasteiger partial charge in [0.15, 0.2) is 0 Å². The minimum atomic E-state index is -3.61. The Labute approximate surface area is 159 Å². The van der Waals surface area contributed by atoms with E-state index in [1.165, 1.54) is 24.3 Å². The van der Waals surface area contributed by atoms with Crippen LogP contribution in [0.3, 0.4) is 0 Å². The van der Waals surface area contributed by atoms with E-state index in [0.29, 0.717) is 18.7 Å². The number of nitrogens with one attached hydrogen (secondary N) is 2. The predicted molar refractivity (Wildman–Crippen MR) is 99.8 cm³/mol. The van der Waals surface area contributed by atoms with Crippen molar-refractivity contribution in [1.82, 2.24) is 19.6 Å². The predicted octanol–water partition coefficient (Wildman–Crippen LogP) is 1.16. The van der Waals surface area contributed by atoms with Crippen LogP contribution >= 0.6 is 0 Å². The minimum Gasteiger partial charge on any atom is -0.377 e. The molecule has 9 heteroatoms. The molecule has 146 valence electrons. The molecule has 2 aromatic rings. The number of carbonyl (C=O) groups is 1. The number of hydrogen-bond donors (Lipinski definition) is 2. The van der Waals surface area contributed by atoms with Gasteiger partial charge in [-0.3, -0.25) is 4.79 Å². The molecular weight excluding hydrogens is 368 g/mol. The number of nitrogens with zero attached hydrogens (tertiary/aromatic N) is 2. The molecule has 0 aliphatic carbocycles. The number of benzene rings is 1. The topological polar surface area (TPSA) is 102 Å². The molecule has 2 heterocycles. The molecule has 1 atom stereocenters.